The molecule has 0 spiro atoms. The molecule has 0 aliphatic carbocycles. The fourth-order valence-electron chi connectivity index (χ4n) is 2.95. The highest BCUT2D eigenvalue weighted by atomic mass is 16.5. The van der Waals surface area contributed by atoms with E-state index < -0.39 is 0 Å². The van der Waals surface area contributed by atoms with Crippen LogP contribution in [-0.4, -0.2) is 11.8 Å². The summed E-state index contributed by atoms with van der Waals surface area (Å²) in [7, 11) is 0. The molecule has 0 unspecified atom stereocenters. The van der Waals surface area contributed by atoms with Crippen molar-refractivity contribution in [1.82, 2.24) is 0 Å². The highest BCUT2D eigenvalue weighted by Gasteiger charge is 2.06. The molecule has 0 radical (unpaired) electrons. The van der Waals surface area contributed by atoms with Crippen molar-refractivity contribution in [2.75, 3.05) is 11.6 Å². The van der Waals surface area contributed by atoms with Gasteiger partial charge in [-0.15, -0.1) is 0 Å². The Hall–Kier alpha value is -1.54. The lowest BCUT2D eigenvalue weighted by Crippen LogP contribution is -2.19. The van der Waals surface area contributed by atoms with E-state index in [9.17, 15) is 5.21 Å². The lowest BCUT2D eigenvalue weighted by atomic mass is 10.1. The van der Waals surface area contributed by atoms with Gasteiger partial charge in [-0.3, -0.25) is 10.3 Å². The third-order valence-corrected chi connectivity index (χ3v) is 4.27. The Morgan fingerprint density at radius 3 is 2.18 bits per heavy atom. The van der Waals surface area contributed by atoms with Gasteiger partial charge < -0.3 is 0 Å². The molecule has 2 aromatic carbocycles. The molecule has 2 nitrogen and oxygen atoms in total. The Morgan fingerprint density at radius 1 is 0.773 bits per heavy atom. The average molecular weight is 299 g/mol. The Bertz CT molecular complexity index is 547. The molecule has 0 amide bonds. The number of benzene rings is 2. The van der Waals surface area contributed by atoms with E-state index in [0.29, 0.717) is 6.54 Å². The molecule has 2 heteroatoms. The van der Waals surface area contributed by atoms with E-state index in [0.717, 1.165) is 17.5 Å². The summed E-state index contributed by atoms with van der Waals surface area (Å²) in [6, 6.07) is 14.3. The summed E-state index contributed by atoms with van der Waals surface area (Å²) in [4.78, 5) is 0. The summed E-state index contributed by atoms with van der Waals surface area (Å²) >= 11 is 0. The molecular weight excluding hydrogens is 270 g/mol. The van der Waals surface area contributed by atoms with Gasteiger partial charge in [0.1, 0.15) is 0 Å². The van der Waals surface area contributed by atoms with Gasteiger partial charge >= 0.3 is 0 Å². The highest BCUT2D eigenvalue weighted by molar-refractivity contribution is 5.93. The van der Waals surface area contributed by atoms with Crippen LogP contribution in [0.2, 0.25) is 0 Å². The lowest BCUT2D eigenvalue weighted by Gasteiger charge is -2.19. The van der Waals surface area contributed by atoms with E-state index in [1.807, 2.05) is 24.3 Å². The summed E-state index contributed by atoms with van der Waals surface area (Å²) in [5, 5.41) is 14.0. The van der Waals surface area contributed by atoms with Crippen LogP contribution in [0, 0.1) is 0 Å². The molecular formula is C20H29NO. The van der Waals surface area contributed by atoms with Gasteiger partial charge in [0.15, 0.2) is 0 Å². The standard InChI is InChI=1S/C20H29NO/c1-2-3-4-5-6-7-8-11-17-21(22)20-16-12-14-18-13-9-10-15-19(18)20/h9-10,12-16,22H,2-8,11,17H2,1H3. The molecule has 1 N–H and O–H groups in total. The van der Waals surface area contributed by atoms with Gasteiger partial charge in [0.2, 0.25) is 0 Å². The van der Waals surface area contributed by atoms with Gasteiger partial charge in [-0.05, 0) is 17.9 Å². The predicted octanol–water partition coefficient (Wildman–Crippen LogP) is 6.18. The van der Waals surface area contributed by atoms with Crippen LogP contribution in [0.5, 0.6) is 0 Å². The number of hydrogen-bond acceptors (Lipinski definition) is 2. The fraction of sp³-hybridized carbons (Fsp3) is 0.500. The number of rotatable bonds is 10. The van der Waals surface area contributed by atoms with Crippen molar-refractivity contribution >= 4 is 16.5 Å². The second-order valence-corrected chi connectivity index (χ2v) is 6.10. The molecule has 0 atom stereocenters. The van der Waals surface area contributed by atoms with Gasteiger partial charge in [0, 0.05) is 11.9 Å². The number of fused-ring (bicyclic) bond motifs is 1. The van der Waals surface area contributed by atoms with E-state index in [1.165, 1.54) is 55.4 Å². The number of anilines is 1. The summed E-state index contributed by atoms with van der Waals surface area (Å²) in [5.74, 6) is 0. The van der Waals surface area contributed by atoms with Gasteiger partial charge in [-0.1, -0.05) is 88.3 Å². The van der Waals surface area contributed by atoms with E-state index in [-0.39, 0.29) is 0 Å². The van der Waals surface area contributed by atoms with Crippen LogP contribution in [-0.2, 0) is 0 Å². The molecule has 0 aliphatic rings. The van der Waals surface area contributed by atoms with Crippen LogP contribution in [0.3, 0.4) is 0 Å². The minimum Gasteiger partial charge on any atom is -0.288 e. The molecule has 2 aromatic rings. The predicted molar refractivity (Wildman–Crippen MR) is 95.7 cm³/mol. The molecule has 120 valence electrons. The average Bonchev–Trinajstić information content (AvgIpc) is 2.56. The number of unbranched alkanes of at least 4 members (excludes halogenated alkanes) is 7. The lowest BCUT2D eigenvalue weighted by molar-refractivity contribution is 0.252. The third-order valence-electron chi connectivity index (χ3n) is 4.27. The van der Waals surface area contributed by atoms with Crippen LogP contribution in [0.25, 0.3) is 10.8 Å². The van der Waals surface area contributed by atoms with Crippen molar-refractivity contribution in [2.45, 2.75) is 58.3 Å². The van der Waals surface area contributed by atoms with Crippen molar-refractivity contribution in [1.29, 1.82) is 0 Å². The van der Waals surface area contributed by atoms with Crippen LogP contribution < -0.4 is 5.06 Å². The topological polar surface area (TPSA) is 23.5 Å². The maximum absolute atomic E-state index is 10.3. The van der Waals surface area contributed by atoms with Crippen molar-refractivity contribution in [3.8, 4) is 0 Å². The maximum atomic E-state index is 10.3. The third kappa shape index (κ3) is 5.03. The molecule has 0 saturated carbocycles. The smallest absolute Gasteiger partial charge is 0.0712 e. The Morgan fingerprint density at radius 2 is 1.41 bits per heavy atom. The number of hydrogen-bond donors (Lipinski definition) is 1. The summed E-state index contributed by atoms with van der Waals surface area (Å²) in [6.07, 6.45) is 10.3. The van der Waals surface area contributed by atoms with Crippen LogP contribution in [0.1, 0.15) is 58.3 Å². The molecule has 0 saturated heterocycles. The van der Waals surface area contributed by atoms with Gasteiger partial charge in [-0.2, -0.15) is 0 Å². The second kappa shape index (κ2) is 9.47. The highest BCUT2D eigenvalue weighted by Crippen LogP contribution is 2.25. The van der Waals surface area contributed by atoms with Crippen molar-refractivity contribution in [2.24, 2.45) is 0 Å². The zero-order valence-electron chi connectivity index (χ0n) is 13.8. The molecule has 0 aromatic heterocycles. The first-order valence-corrected chi connectivity index (χ1v) is 8.77. The van der Waals surface area contributed by atoms with Crippen LogP contribution in [0.15, 0.2) is 42.5 Å². The molecule has 0 fully saturated rings. The Balaban J connectivity index is 1.74. The first-order valence-electron chi connectivity index (χ1n) is 8.77. The van der Waals surface area contributed by atoms with Crippen molar-refractivity contribution in [3.05, 3.63) is 42.5 Å². The quantitative estimate of drug-likeness (QED) is 0.418. The molecule has 0 aliphatic heterocycles. The van der Waals surface area contributed by atoms with Gasteiger partial charge in [0.25, 0.3) is 0 Å². The Kier molecular flexibility index (Phi) is 7.24. The van der Waals surface area contributed by atoms with E-state index >= 15 is 0 Å². The minimum absolute atomic E-state index is 0.711. The van der Waals surface area contributed by atoms with E-state index in [1.54, 1.807) is 0 Å². The van der Waals surface area contributed by atoms with E-state index in [2.05, 4.69) is 25.1 Å². The van der Waals surface area contributed by atoms with E-state index in [4.69, 9.17) is 0 Å². The fourth-order valence-corrected chi connectivity index (χ4v) is 2.95. The zero-order chi connectivity index (χ0) is 15.6. The summed E-state index contributed by atoms with van der Waals surface area (Å²) in [5.41, 5.74) is 0.918. The first-order chi connectivity index (χ1) is 10.8. The minimum atomic E-state index is 0.711. The van der Waals surface area contributed by atoms with Crippen LogP contribution >= 0.6 is 0 Å². The SMILES string of the molecule is CCCCCCCCCCN(O)c1cccc2ccccc12. The van der Waals surface area contributed by atoms with Gasteiger partial charge in [0.05, 0.1) is 5.69 Å². The molecule has 22 heavy (non-hydrogen) atoms. The number of hydroxylamine groups is 1. The summed E-state index contributed by atoms with van der Waals surface area (Å²) < 4.78 is 0. The van der Waals surface area contributed by atoms with Gasteiger partial charge in [-0.25, -0.2) is 0 Å². The van der Waals surface area contributed by atoms with Crippen molar-refractivity contribution < 1.29 is 5.21 Å². The second-order valence-electron chi connectivity index (χ2n) is 6.10. The first kappa shape index (κ1) is 16.8. The molecule has 0 heterocycles. The largest absolute Gasteiger partial charge is 0.288 e. The monoisotopic (exact) mass is 299 g/mol. The number of nitrogens with zero attached hydrogens (tertiary/aromatic N) is 1. The zero-order valence-corrected chi connectivity index (χ0v) is 13.8. The molecule has 0 bridgehead atoms. The Labute approximate surface area is 134 Å². The summed E-state index contributed by atoms with van der Waals surface area (Å²) in [6.45, 7) is 2.96. The maximum Gasteiger partial charge on any atom is 0.0712 e. The van der Waals surface area contributed by atoms with Crippen molar-refractivity contribution in [3.63, 3.8) is 0 Å². The van der Waals surface area contributed by atoms with Crippen LogP contribution in [0.4, 0.5) is 5.69 Å². The molecule has 2 rings (SSSR count). The normalized spacial score (nSPS) is 11.0.